The van der Waals surface area contributed by atoms with Crippen LogP contribution in [0.3, 0.4) is 0 Å². The van der Waals surface area contributed by atoms with Crippen LogP contribution in [-0.2, 0) is 10.0 Å². The summed E-state index contributed by atoms with van der Waals surface area (Å²) in [4.78, 5) is 12.0. The van der Waals surface area contributed by atoms with Crippen LogP contribution in [0.1, 0.15) is 30.6 Å². The Bertz CT molecular complexity index is 584. The molecule has 1 amide bonds. The van der Waals surface area contributed by atoms with Crippen LogP contribution in [0.25, 0.3) is 0 Å². The van der Waals surface area contributed by atoms with E-state index in [0.717, 1.165) is 6.42 Å². The minimum atomic E-state index is -3.69. The van der Waals surface area contributed by atoms with E-state index in [-0.39, 0.29) is 28.2 Å². The van der Waals surface area contributed by atoms with E-state index < -0.39 is 10.0 Å². The van der Waals surface area contributed by atoms with Gasteiger partial charge >= 0.3 is 0 Å². The Morgan fingerprint density at radius 1 is 1.40 bits per heavy atom. The van der Waals surface area contributed by atoms with Gasteiger partial charge in [0, 0.05) is 11.6 Å². The SMILES string of the molecule is CCC(C)NC(=O)c1ccc(OC)c(S(=O)(=O)NC)c1. The summed E-state index contributed by atoms with van der Waals surface area (Å²) in [5, 5.41) is 2.79. The first-order chi connectivity index (χ1) is 9.35. The largest absolute Gasteiger partial charge is 0.495 e. The topological polar surface area (TPSA) is 84.5 Å². The fourth-order valence-electron chi connectivity index (χ4n) is 1.55. The highest BCUT2D eigenvalue weighted by molar-refractivity contribution is 7.89. The molecule has 0 radical (unpaired) electrons. The van der Waals surface area contributed by atoms with Gasteiger partial charge in [0.2, 0.25) is 10.0 Å². The molecular weight excluding hydrogens is 280 g/mol. The minimum Gasteiger partial charge on any atom is -0.495 e. The fourth-order valence-corrected chi connectivity index (χ4v) is 2.47. The molecule has 1 rings (SSSR count). The predicted molar refractivity (Wildman–Crippen MR) is 76.5 cm³/mol. The van der Waals surface area contributed by atoms with E-state index in [4.69, 9.17) is 4.74 Å². The summed E-state index contributed by atoms with van der Waals surface area (Å²) < 4.78 is 31.1. The summed E-state index contributed by atoms with van der Waals surface area (Å²) in [5.74, 6) is -0.117. The zero-order valence-corrected chi connectivity index (χ0v) is 12.9. The first kappa shape index (κ1) is 16.5. The molecule has 1 aromatic carbocycles. The van der Waals surface area contributed by atoms with Gasteiger partial charge in [0.05, 0.1) is 7.11 Å². The number of hydrogen-bond acceptors (Lipinski definition) is 4. The van der Waals surface area contributed by atoms with Gasteiger partial charge in [-0.05, 0) is 38.6 Å². The summed E-state index contributed by atoms with van der Waals surface area (Å²) in [6.07, 6.45) is 0.795. The maximum atomic E-state index is 12.0. The standard InChI is InChI=1S/C13H20N2O4S/c1-5-9(2)15-13(16)10-6-7-11(19-4)12(8-10)20(17,18)14-3/h6-9,14H,5H2,1-4H3,(H,15,16). The van der Waals surface area contributed by atoms with E-state index in [0.29, 0.717) is 0 Å². The van der Waals surface area contributed by atoms with Gasteiger partial charge in [-0.15, -0.1) is 0 Å². The number of rotatable bonds is 6. The van der Waals surface area contributed by atoms with Crippen molar-refractivity contribution >= 4 is 15.9 Å². The molecule has 0 aliphatic heterocycles. The molecule has 7 heteroatoms. The molecule has 0 aromatic heterocycles. The smallest absolute Gasteiger partial charge is 0.251 e. The van der Waals surface area contributed by atoms with Gasteiger partial charge in [-0.1, -0.05) is 6.92 Å². The third-order valence-corrected chi connectivity index (χ3v) is 4.41. The van der Waals surface area contributed by atoms with Crippen molar-refractivity contribution in [3.05, 3.63) is 23.8 Å². The number of amides is 1. The van der Waals surface area contributed by atoms with Gasteiger partial charge < -0.3 is 10.1 Å². The van der Waals surface area contributed by atoms with Crippen molar-refractivity contribution in [2.24, 2.45) is 0 Å². The Kier molecular flexibility index (Phi) is 5.52. The van der Waals surface area contributed by atoms with Gasteiger partial charge in [-0.25, -0.2) is 13.1 Å². The second-order valence-electron chi connectivity index (χ2n) is 4.36. The Hall–Kier alpha value is -1.60. The summed E-state index contributed by atoms with van der Waals surface area (Å²) in [6, 6.07) is 4.33. The van der Waals surface area contributed by atoms with Crippen LogP contribution in [0.15, 0.2) is 23.1 Å². The van der Waals surface area contributed by atoms with E-state index in [9.17, 15) is 13.2 Å². The van der Waals surface area contributed by atoms with Gasteiger partial charge in [0.1, 0.15) is 10.6 Å². The number of ether oxygens (including phenoxy) is 1. The van der Waals surface area contributed by atoms with E-state index >= 15 is 0 Å². The normalized spacial score (nSPS) is 12.8. The number of sulfonamides is 1. The van der Waals surface area contributed by atoms with Gasteiger partial charge in [-0.2, -0.15) is 0 Å². The predicted octanol–water partition coefficient (Wildman–Crippen LogP) is 1.13. The zero-order valence-electron chi connectivity index (χ0n) is 12.1. The number of hydrogen-bond donors (Lipinski definition) is 2. The highest BCUT2D eigenvalue weighted by atomic mass is 32.2. The maximum absolute atomic E-state index is 12.0. The lowest BCUT2D eigenvalue weighted by molar-refractivity contribution is 0.0939. The lowest BCUT2D eigenvalue weighted by Gasteiger charge is -2.13. The van der Waals surface area contributed by atoms with Gasteiger partial charge in [0.25, 0.3) is 5.91 Å². The highest BCUT2D eigenvalue weighted by Gasteiger charge is 2.20. The first-order valence-electron chi connectivity index (χ1n) is 6.28. The zero-order chi connectivity index (χ0) is 15.3. The molecule has 0 aliphatic carbocycles. The number of nitrogens with one attached hydrogen (secondary N) is 2. The molecule has 112 valence electrons. The molecule has 0 saturated heterocycles. The van der Waals surface area contributed by atoms with Crippen molar-refractivity contribution in [2.45, 2.75) is 31.2 Å². The molecule has 6 nitrogen and oxygen atoms in total. The van der Waals surface area contributed by atoms with E-state index in [1.54, 1.807) is 0 Å². The maximum Gasteiger partial charge on any atom is 0.251 e. The average Bonchev–Trinajstić information content (AvgIpc) is 2.46. The van der Waals surface area contributed by atoms with Crippen LogP contribution in [0.4, 0.5) is 0 Å². The summed E-state index contributed by atoms with van der Waals surface area (Å²) >= 11 is 0. The third kappa shape index (κ3) is 3.71. The van der Waals surface area contributed by atoms with Crippen molar-refractivity contribution in [1.82, 2.24) is 10.0 Å². The van der Waals surface area contributed by atoms with Gasteiger partial charge in [0.15, 0.2) is 0 Å². The Labute approximate surface area is 119 Å². The Balaban J connectivity index is 3.20. The number of carbonyl (C=O) groups excluding carboxylic acids is 1. The van der Waals surface area contributed by atoms with Crippen LogP contribution in [-0.4, -0.2) is 34.5 Å². The number of carbonyl (C=O) groups is 1. The molecule has 1 aromatic rings. The molecular formula is C13H20N2O4S. The van der Waals surface area contributed by atoms with Crippen molar-refractivity contribution < 1.29 is 17.9 Å². The summed E-state index contributed by atoms with van der Waals surface area (Å²) in [5.41, 5.74) is 0.278. The summed E-state index contributed by atoms with van der Waals surface area (Å²) in [7, 11) is -1.00. The Morgan fingerprint density at radius 3 is 2.55 bits per heavy atom. The molecule has 1 unspecified atom stereocenters. The first-order valence-corrected chi connectivity index (χ1v) is 7.76. The second kappa shape index (κ2) is 6.71. The highest BCUT2D eigenvalue weighted by Crippen LogP contribution is 2.24. The van der Waals surface area contributed by atoms with E-state index in [1.807, 2.05) is 13.8 Å². The average molecular weight is 300 g/mol. The number of benzene rings is 1. The van der Waals surface area contributed by atoms with E-state index in [1.165, 1.54) is 32.4 Å². The van der Waals surface area contributed by atoms with Crippen molar-refractivity contribution in [3.8, 4) is 5.75 Å². The van der Waals surface area contributed by atoms with Crippen LogP contribution in [0.5, 0.6) is 5.75 Å². The minimum absolute atomic E-state index is 0.0222. The Morgan fingerprint density at radius 2 is 2.05 bits per heavy atom. The van der Waals surface area contributed by atoms with Gasteiger partial charge in [-0.3, -0.25) is 4.79 Å². The molecule has 0 aliphatic rings. The lowest BCUT2D eigenvalue weighted by atomic mass is 10.2. The van der Waals surface area contributed by atoms with Crippen LogP contribution >= 0.6 is 0 Å². The molecule has 0 saturated carbocycles. The van der Waals surface area contributed by atoms with Crippen molar-refractivity contribution in [3.63, 3.8) is 0 Å². The molecule has 0 heterocycles. The van der Waals surface area contributed by atoms with Crippen molar-refractivity contribution in [1.29, 1.82) is 0 Å². The fraction of sp³-hybridized carbons (Fsp3) is 0.462. The van der Waals surface area contributed by atoms with Crippen LogP contribution < -0.4 is 14.8 Å². The third-order valence-electron chi connectivity index (χ3n) is 2.97. The lowest BCUT2D eigenvalue weighted by Crippen LogP contribution is -2.32. The summed E-state index contributed by atoms with van der Waals surface area (Å²) in [6.45, 7) is 3.84. The second-order valence-corrected chi connectivity index (χ2v) is 6.21. The molecule has 2 N–H and O–H groups in total. The molecule has 0 spiro atoms. The molecule has 1 atom stereocenters. The molecule has 20 heavy (non-hydrogen) atoms. The number of methoxy groups -OCH3 is 1. The van der Waals surface area contributed by atoms with E-state index in [2.05, 4.69) is 10.0 Å². The van der Waals surface area contributed by atoms with Crippen LogP contribution in [0, 0.1) is 0 Å². The van der Waals surface area contributed by atoms with Crippen molar-refractivity contribution in [2.75, 3.05) is 14.2 Å². The van der Waals surface area contributed by atoms with Crippen LogP contribution in [0.2, 0.25) is 0 Å². The quantitative estimate of drug-likeness (QED) is 0.825. The molecule has 0 bridgehead atoms. The monoisotopic (exact) mass is 300 g/mol. The molecule has 0 fully saturated rings.